The lowest BCUT2D eigenvalue weighted by molar-refractivity contribution is -0.385. The zero-order chi connectivity index (χ0) is 23.0. The van der Waals surface area contributed by atoms with Gasteiger partial charge in [0.15, 0.2) is 5.75 Å². The predicted octanol–water partition coefficient (Wildman–Crippen LogP) is 3.74. The van der Waals surface area contributed by atoms with Gasteiger partial charge < -0.3 is 15.4 Å². The van der Waals surface area contributed by atoms with Crippen LogP contribution in [0, 0.1) is 24.0 Å². The van der Waals surface area contributed by atoms with Crippen LogP contribution < -0.4 is 15.4 Å². The minimum atomic E-state index is -0.719. The maximum absolute atomic E-state index is 13.5. The number of benzene rings is 2. The van der Waals surface area contributed by atoms with Gasteiger partial charge in [-0.25, -0.2) is 4.68 Å². The number of hydrogen-bond donors (Lipinski definition) is 2. The molecule has 164 valence electrons. The fourth-order valence-corrected chi connectivity index (χ4v) is 3.79. The summed E-state index contributed by atoms with van der Waals surface area (Å²) in [4.78, 5) is 28.7. The number of ether oxygens (including phenoxy) is 1. The normalized spacial score (nSPS) is 15.1. The molecule has 1 aliphatic heterocycles. The van der Waals surface area contributed by atoms with Gasteiger partial charge in [0.05, 0.1) is 17.6 Å². The van der Waals surface area contributed by atoms with Gasteiger partial charge in [0.25, 0.3) is 5.91 Å². The molecule has 4 rings (SSSR count). The summed E-state index contributed by atoms with van der Waals surface area (Å²) >= 11 is 0. The molecule has 1 unspecified atom stereocenters. The van der Waals surface area contributed by atoms with E-state index in [0.717, 1.165) is 11.1 Å². The summed E-state index contributed by atoms with van der Waals surface area (Å²) in [6.45, 7) is 5.67. The molecular formula is C22H22N6O4. The molecule has 3 aromatic rings. The molecule has 1 aromatic heterocycles. The Labute approximate surface area is 184 Å². The maximum atomic E-state index is 13.5. The largest absolute Gasteiger partial charge is 0.490 e. The molecule has 0 fully saturated rings. The second-order valence-electron chi connectivity index (χ2n) is 7.48. The number of allylic oxidation sites excluding steroid dienone is 1. The Kier molecular flexibility index (Phi) is 5.35. The van der Waals surface area contributed by atoms with Crippen molar-refractivity contribution < 1.29 is 14.5 Å². The number of nitrogens with one attached hydrogen (secondary N) is 2. The first-order valence-corrected chi connectivity index (χ1v) is 9.89. The number of nitrogens with zero attached hydrogens (tertiary/aromatic N) is 4. The number of nitro benzene ring substituents is 1. The van der Waals surface area contributed by atoms with E-state index in [1.807, 2.05) is 32.0 Å². The summed E-state index contributed by atoms with van der Waals surface area (Å²) in [5.41, 5.74) is 3.98. The fourth-order valence-electron chi connectivity index (χ4n) is 3.79. The van der Waals surface area contributed by atoms with Gasteiger partial charge in [-0.3, -0.25) is 14.9 Å². The minimum Gasteiger partial charge on any atom is -0.490 e. The van der Waals surface area contributed by atoms with Crippen molar-refractivity contribution in [3.8, 4) is 5.75 Å². The number of nitro groups is 1. The molecule has 32 heavy (non-hydrogen) atoms. The highest BCUT2D eigenvalue weighted by molar-refractivity contribution is 6.06. The first-order chi connectivity index (χ1) is 15.3. The zero-order valence-corrected chi connectivity index (χ0v) is 18.0. The van der Waals surface area contributed by atoms with Crippen molar-refractivity contribution in [2.24, 2.45) is 0 Å². The predicted molar refractivity (Wildman–Crippen MR) is 119 cm³/mol. The molecule has 1 aliphatic rings. The van der Waals surface area contributed by atoms with Crippen LogP contribution in [0.2, 0.25) is 0 Å². The van der Waals surface area contributed by atoms with E-state index in [0.29, 0.717) is 28.5 Å². The molecule has 0 radical (unpaired) electrons. The van der Waals surface area contributed by atoms with Crippen molar-refractivity contribution in [3.05, 3.63) is 80.8 Å². The highest BCUT2D eigenvalue weighted by atomic mass is 16.6. The average Bonchev–Trinajstić information content (AvgIpc) is 3.23. The van der Waals surface area contributed by atoms with Crippen molar-refractivity contribution in [2.45, 2.75) is 26.8 Å². The quantitative estimate of drug-likeness (QED) is 0.463. The Balaban J connectivity index is 1.82. The molecule has 2 N–H and O–H groups in total. The molecule has 2 heterocycles. The second kappa shape index (κ2) is 8.14. The Hall–Kier alpha value is -4.21. The van der Waals surface area contributed by atoms with E-state index in [2.05, 4.69) is 20.7 Å². The highest BCUT2D eigenvalue weighted by Crippen LogP contribution is 2.38. The van der Waals surface area contributed by atoms with Crippen LogP contribution in [0.3, 0.4) is 0 Å². The van der Waals surface area contributed by atoms with Gasteiger partial charge in [-0.1, -0.05) is 18.2 Å². The standard InChI is InChI=1S/C22H22N6O4/c1-12-6-5-7-16(13(12)2)26-21(29)19-14(3)25-22-23-11-24-27(22)20(19)15-8-9-18(32-4)17(10-15)28(30)31/h5-11,20H,1-4H3,(H,26,29)(H,23,24,25). The average molecular weight is 434 g/mol. The Morgan fingerprint density at radius 2 is 2.03 bits per heavy atom. The van der Waals surface area contributed by atoms with Crippen molar-refractivity contribution in [1.29, 1.82) is 0 Å². The summed E-state index contributed by atoms with van der Waals surface area (Å²) in [6.07, 6.45) is 1.37. The summed E-state index contributed by atoms with van der Waals surface area (Å²) in [7, 11) is 1.37. The highest BCUT2D eigenvalue weighted by Gasteiger charge is 2.35. The van der Waals surface area contributed by atoms with Gasteiger partial charge in [-0.2, -0.15) is 10.1 Å². The smallest absolute Gasteiger partial charge is 0.311 e. The van der Waals surface area contributed by atoms with Crippen molar-refractivity contribution >= 4 is 23.2 Å². The van der Waals surface area contributed by atoms with Crippen LogP contribution in [-0.4, -0.2) is 32.7 Å². The maximum Gasteiger partial charge on any atom is 0.311 e. The van der Waals surface area contributed by atoms with E-state index in [9.17, 15) is 14.9 Å². The number of hydrogen-bond acceptors (Lipinski definition) is 7. The molecule has 10 nitrogen and oxygen atoms in total. The number of anilines is 2. The van der Waals surface area contributed by atoms with Gasteiger partial charge in [0.1, 0.15) is 12.4 Å². The summed E-state index contributed by atoms with van der Waals surface area (Å²) in [5.74, 6) is 0.233. The van der Waals surface area contributed by atoms with E-state index in [4.69, 9.17) is 4.74 Å². The van der Waals surface area contributed by atoms with Gasteiger partial charge in [0, 0.05) is 17.5 Å². The fraction of sp³-hybridized carbons (Fsp3) is 0.227. The number of rotatable bonds is 5. The van der Waals surface area contributed by atoms with E-state index >= 15 is 0 Å². The molecular weight excluding hydrogens is 412 g/mol. The molecule has 10 heteroatoms. The third-order valence-electron chi connectivity index (χ3n) is 5.61. The summed E-state index contributed by atoms with van der Waals surface area (Å²) in [6, 6.07) is 9.56. The first-order valence-electron chi connectivity index (χ1n) is 9.89. The van der Waals surface area contributed by atoms with Crippen LogP contribution in [-0.2, 0) is 4.79 Å². The van der Waals surface area contributed by atoms with Crippen molar-refractivity contribution in [2.75, 3.05) is 17.7 Å². The molecule has 0 bridgehead atoms. The Morgan fingerprint density at radius 1 is 1.25 bits per heavy atom. The molecule has 0 spiro atoms. The third kappa shape index (κ3) is 3.55. The number of fused-ring (bicyclic) bond motifs is 1. The number of aryl methyl sites for hydroxylation is 1. The molecule has 1 amide bonds. The van der Waals surface area contributed by atoms with Crippen LogP contribution in [0.4, 0.5) is 17.3 Å². The number of carbonyl (C=O) groups excluding carboxylic acids is 1. The van der Waals surface area contributed by atoms with E-state index < -0.39 is 11.0 Å². The number of methoxy groups -OCH3 is 1. The van der Waals surface area contributed by atoms with Crippen LogP contribution >= 0.6 is 0 Å². The first kappa shape index (κ1) is 21.0. The molecule has 0 saturated carbocycles. The van der Waals surface area contributed by atoms with E-state index in [1.54, 1.807) is 13.0 Å². The molecule has 0 saturated heterocycles. The monoisotopic (exact) mass is 434 g/mol. The van der Waals surface area contributed by atoms with E-state index in [1.165, 1.54) is 30.3 Å². The number of aromatic nitrogens is 3. The lowest BCUT2D eigenvalue weighted by atomic mass is 9.94. The number of carbonyl (C=O) groups is 1. The lowest BCUT2D eigenvalue weighted by Gasteiger charge is -2.29. The minimum absolute atomic E-state index is 0.133. The SMILES string of the molecule is COc1ccc(C2C(C(=O)Nc3cccc(C)c3C)=C(C)Nc3ncnn32)cc1[N+](=O)[O-]. The van der Waals surface area contributed by atoms with Crippen LogP contribution in [0.15, 0.2) is 54.0 Å². The Bertz CT molecular complexity index is 1260. The van der Waals surface area contributed by atoms with E-state index in [-0.39, 0.29) is 17.3 Å². The Morgan fingerprint density at radius 3 is 2.75 bits per heavy atom. The van der Waals surface area contributed by atoms with Gasteiger partial charge in [-0.15, -0.1) is 0 Å². The van der Waals surface area contributed by atoms with Crippen LogP contribution in [0.5, 0.6) is 5.75 Å². The zero-order valence-electron chi connectivity index (χ0n) is 18.0. The second-order valence-corrected chi connectivity index (χ2v) is 7.48. The number of amides is 1. The lowest BCUT2D eigenvalue weighted by Crippen LogP contribution is -2.31. The van der Waals surface area contributed by atoms with Crippen LogP contribution in [0.1, 0.15) is 29.7 Å². The third-order valence-corrected chi connectivity index (χ3v) is 5.61. The van der Waals surface area contributed by atoms with Gasteiger partial charge >= 0.3 is 5.69 Å². The van der Waals surface area contributed by atoms with Crippen LogP contribution in [0.25, 0.3) is 0 Å². The molecule has 0 aliphatic carbocycles. The summed E-state index contributed by atoms with van der Waals surface area (Å²) < 4.78 is 6.66. The molecule has 1 atom stereocenters. The topological polar surface area (TPSA) is 124 Å². The molecule has 2 aromatic carbocycles. The summed E-state index contributed by atoms with van der Waals surface area (Å²) in [5, 5.41) is 21.9. The van der Waals surface area contributed by atoms with Gasteiger partial charge in [0.2, 0.25) is 5.95 Å². The van der Waals surface area contributed by atoms with Crippen molar-refractivity contribution in [3.63, 3.8) is 0 Å². The van der Waals surface area contributed by atoms with Gasteiger partial charge in [-0.05, 0) is 49.6 Å². The van der Waals surface area contributed by atoms with Crippen molar-refractivity contribution in [1.82, 2.24) is 14.8 Å².